The molecule has 0 saturated carbocycles. The average molecular weight is 341 g/mol. The van der Waals surface area contributed by atoms with Gasteiger partial charge in [0.05, 0.1) is 18.1 Å². The van der Waals surface area contributed by atoms with Crippen LogP contribution < -0.4 is 10.1 Å². The minimum atomic E-state index is -0.550. The fraction of sp³-hybridized carbons (Fsp3) is 0.118. The van der Waals surface area contributed by atoms with Gasteiger partial charge in [-0.05, 0) is 48.0 Å². The molecule has 7 heteroatoms. The molecule has 0 fully saturated rings. The van der Waals surface area contributed by atoms with Crippen molar-refractivity contribution < 1.29 is 9.53 Å². The number of carbonyl (C=O) groups is 1. The Bertz CT molecular complexity index is 878. The van der Waals surface area contributed by atoms with Gasteiger partial charge in [0.1, 0.15) is 5.75 Å². The molecular formula is C17H13ClN4O2. The topological polar surface area (TPSA) is 69.0 Å². The molecule has 0 spiro atoms. The Morgan fingerprint density at radius 3 is 2.67 bits per heavy atom. The molecule has 1 aliphatic rings. The van der Waals surface area contributed by atoms with E-state index in [0.29, 0.717) is 22.9 Å². The fourth-order valence-corrected chi connectivity index (χ4v) is 2.81. The van der Waals surface area contributed by atoms with E-state index in [1.807, 2.05) is 18.2 Å². The zero-order chi connectivity index (χ0) is 16.5. The largest absolute Gasteiger partial charge is 0.480 e. The molecule has 6 nitrogen and oxygen atoms in total. The number of benzene rings is 2. The lowest BCUT2D eigenvalue weighted by molar-refractivity contribution is -0.122. The highest BCUT2D eigenvalue weighted by molar-refractivity contribution is 6.30. The van der Waals surface area contributed by atoms with E-state index in [1.54, 1.807) is 36.7 Å². The fourth-order valence-electron chi connectivity index (χ4n) is 2.61. The van der Waals surface area contributed by atoms with Gasteiger partial charge in [0, 0.05) is 17.1 Å². The normalized spacial score (nSPS) is 15.6. The number of amides is 1. The van der Waals surface area contributed by atoms with E-state index < -0.39 is 6.10 Å². The maximum absolute atomic E-state index is 12.4. The molecule has 120 valence electrons. The van der Waals surface area contributed by atoms with Crippen LogP contribution in [-0.4, -0.2) is 27.0 Å². The van der Waals surface area contributed by atoms with Crippen molar-refractivity contribution in [2.24, 2.45) is 0 Å². The molecule has 24 heavy (non-hydrogen) atoms. The van der Waals surface area contributed by atoms with Crippen LogP contribution in [0.5, 0.6) is 5.75 Å². The summed E-state index contributed by atoms with van der Waals surface area (Å²) in [6.45, 7) is 0. The van der Waals surface area contributed by atoms with Crippen LogP contribution in [0.1, 0.15) is 5.56 Å². The first-order valence-electron chi connectivity index (χ1n) is 7.42. The Labute approximate surface area is 143 Å². The lowest BCUT2D eigenvalue weighted by atomic mass is 10.1. The summed E-state index contributed by atoms with van der Waals surface area (Å²) in [5.41, 5.74) is 2.45. The number of ether oxygens (including phenoxy) is 1. The van der Waals surface area contributed by atoms with E-state index in [1.165, 1.54) is 4.80 Å². The van der Waals surface area contributed by atoms with Gasteiger partial charge in [-0.25, -0.2) is 0 Å². The molecule has 2 heterocycles. The van der Waals surface area contributed by atoms with E-state index in [0.717, 1.165) is 11.3 Å². The van der Waals surface area contributed by atoms with Crippen LogP contribution in [0.2, 0.25) is 5.02 Å². The smallest absolute Gasteiger partial charge is 0.265 e. The van der Waals surface area contributed by atoms with Crippen molar-refractivity contribution in [1.82, 2.24) is 15.0 Å². The van der Waals surface area contributed by atoms with Crippen molar-refractivity contribution in [3.8, 4) is 11.4 Å². The second-order valence-corrected chi connectivity index (χ2v) is 5.85. The maximum atomic E-state index is 12.4. The van der Waals surface area contributed by atoms with E-state index in [2.05, 4.69) is 15.5 Å². The molecular weight excluding hydrogens is 328 g/mol. The Kier molecular flexibility index (Phi) is 3.66. The number of hydrogen-bond donors (Lipinski definition) is 1. The van der Waals surface area contributed by atoms with Gasteiger partial charge < -0.3 is 10.1 Å². The van der Waals surface area contributed by atoms with Crippen molar-refractivity contribution in [1.29, 1.82) is 0 Å². The molecule has 0 radical (unpaired) electrons. The van der Waals surface area contributed by atoms with E-state index in [-0.39, 0.29) is 5.91 Å². The molecule has 1 amide bonds. The Balaban J connectivity index is 1.43. The summed E-state index contributed by atoms with van der Waals surface area (Å²) in [6, 6.07) is 12.6. The van der Waals surface area contributed by atoms with E-state index >= 15 is 0 Å². The van der Waals surface area contributed by atoms with Gasteiger partial charge in [-0.2, -0.15) is 15.0 Å². The van der Waals surface area contributed by atoms with Crippen LogP contribution in [0.15, 0.2) is 54.9 Å². The first kappa shape index (κ1) is 14.7. The zero-order valence-corrected chi connectivity index (χ0v) is 13.3. The quantitative estimate of drug-likeness (QED) is 0.796. The lowest BCUT2D eigenvalue weighted by Crippen LogP contribution is -2.31. The highest BCUT2D eigenvalue weighted by atomic mass is 35.5. The zero-order valence-electron chi connectivity index (χ0n) is 12.5. The summed E-state index contributed by atoms with van der Waals surface area (Å²) >= 11 is 5.97. The average Bonchev–Trinajstić information content (AvgIpc) is 3.24. The first-order chi connectivity index (χ1) is 11.7. The van der Waals surface area contributed by atoms with Crippen LogP contribution in [0.3, 0.4) is 0 Å². The predicted molar refractivity (Wildman–Crippen MR) is 89.6 cm³/mol. The number of carbonyl (C=O) groups excluding carboxylic acids is 1. The standard InChI is InChI=1S/C17H13ClN4O2/c18-12-1-6-15-11(9-12)10-16(24-15)17(23)21-13-2-4-14(5-3-13)22-19-7-8-20-22/h1-9,16H,10H2,(H,21,23). The Hall–Kier alpha value is -2.86. The number of rotatable bonds is 3. The molecule has 0 bridgehead atoms. The monoisotopic (exact) mass is 340 g/mol. The van der Waals surface area contributed by atoms with Crippen molar-refractivity contribution in [2.45, 2.75) is 12.5 Å². The SMILES string of the molecule is O=C(Nc1ccc(-n2nccn2)cc1)C1Cc2cc(Cl)ccc2O1. The van der Waals surface area contributed by atoms with E-state index in [4.69, 9.17) is 16.3 Å². The third kappa shape index (κ3) is 2.83. The summed E-state index contributed by atoms with van der Waals surface area (Å²) < 4.78 is 5.68. The summed E-state index contributed by atoms with van der Waals surface area (Å²) in [7, 11) is 0. The van der Waals surface area contributed by atoms with Crippen molar-refractivity contribution >= 4 is 23.2 Å². The second kappa shape index (κ2) is 5.98. The van der Waals surface area contributed by atoms with Crippen molar-refractivity contribution in [3.05, 3.63) is 65.4 Å². The summed E-state index contributed by atoms with van der Waals surface area (Å²) in [5, 5.41) is 11.6. The van der Waals surface area contributed by atoms with Crippen molar-refractivity contribution in [3.63, 3.8) is 0 Å². The summed E-state index contributed by atoms with van der Waals surface area (Å²) in [4.78, 5) is 13.9. The molecule has 1 atom stereocenters. The lowest BCUT2D eigenvalue weighted by Gasteiger charge is -2.11. The number of aromatic nitrogens is 3. The third-order valence-electron chi connectivity index (χ3n) is 3.77. The minimum Gasteiger partial charge on any atom is -0.480 e. The Morgan fingerprint density at radius 2 is 1.92 bits per heavy atom. The highest BCUT2D eigenvalue weighted by Gasteiger charge is 2.29. The number of nitrogens with one attached hydrogen (secondary N) is 1. The van der Waals surface area contributed by atoms with Gasteiger partial charge in [0.2, 0.25) is 0 Å². The molecule has 1 unspecified atom stereocenters. The highest BCUT2D eigenvalue weighted by Crippen LogP contribution is 2.31. The molecule has 1 aliphatic heterocycles. The van der Waals surface area contributed by atoms with Gasteiger partial charge in [0.15, 0.2) is 6.10 Å². The molecule has 3 aromatic rings. The van der Waals surface area contributed by atoms with Gasteiger partial charge in [0.25, 0.3) is 5.91 Å². The number of anilines is 1. The van der Waals surface area contributed by atoms with Crippen LogP contribution in [0, 0.1) is 0 Å². The summed E-state index contributed by atoms with van der Waals surface area (Å²) in [5.74, 6) is 0.520. The number of nitrogens with zero attached hydrogens (tertiary/aromatic N) is 3. The Morgan fingerprint density at radius 1 is 1.17 bits per heavy atom. The third-order valence-corrected chi connectivity index (χ3v) is 4.01. The number of hydrogen-bond acceptors (Lipinski definition) is 4. The van der Waals surface area contributed by atoms with Crippen molar-refractivity contribution in [2.75, 3.05) is 5.32 Å². The maximum Gasteiger partial charge on any atom is 0.265 e. The van der Waals surface area contributed by atoms with Gasteiger partial charge in [-0.3, -0.25) is 4.79 Å². The van der Waals surface area contributed by atoms with E-state index in [9.17, 15) is 4.79 Å². The van der Waals surface area contributed by atoms with Gasteiger partial charge in [-0.15, -0.1) is 0 Å². The van der Waals surface area contributed by atoms with Crippen LogP contribution in [0.4, 0.5) is 5.69 Å². The van der Waals surface area contributed by atoms with Crippen LogP contribution >= 0.6 is 11.6 Å². The number of fused-ring (bicyclic) bond motifs is 1. The minimum absolute atomic E-state index is 0.188. The second-order valence-electron chi connectivity index (χ2n) is 5.42. The molecule has 1 aromatic heterocycles. The van der Waals surface area contributed by atoms with Crippen LogP contribution in [0.25, 0.3) is 5.69 Å². The molecule has 1 N–H and O–H groups in total. The number of halogens is 1. The predicted octanol–water partition coefficient (Wildman–Crippen LogP) is 2.86. The first-order valence-corrected chi connectivity index (χ1v) is 7.79. The van der Waals surface area contributed by atoms with Crippen LogP contribution in [-0.2, 0) is 11.2 Å². The van der Waals surface area contributed by atoms with Gasteiger partial charge in [-0.1, -0.05) is 11.6 Å². The molecule has 4 rings (SSSR count). The molecule has 2 aromatic carbocycles. The summed E-state index contributed by atoms with van der Waals surface area (Å²) in [6.07, 6.45) is 3.18. The molecule has 0 aliphatic carbocycles. The van der Waals surface area contributed by atoms with Gasteiger partial charge >= 0.3 is 0 Å². The molecule has 0 saturated heterocycles.